The average Bonchev–Trinajstić information content (AvgIpc) is 2.78. The molecule has 3 aromatic carbocycles. The summed E-state index contributed by atoms with van der Waals surface area (Å²) in [5.41, 5.74) is 2.35. The van der Waals surface area contributed by atoms with Crippen molar-refractivity contribution in [2.24, 2.45) is 0 Å². The number of hydrogen-bond donors (Lipinski definition) is 1. The smallest absolute Gasteiger partial charge is 0.243 e. The van der Waals surface area contributed by atoms with E-state index in [0.717, 1.165) is 18.2 Å². The Balaban J connectivity index is 1.55. The van der Waals surface area contributed by atoms with Crippen molar-refractivity contribution < 1.29 is 22.1 Å². The second-order valence-electron chi connectivity index (χ2n) is 7.39. The first-order valence-electron chi connectivity index (χ1n) is 9.86. The van der Waals surface area contributed by atoms with E-state index in [9.17, 15) is 17.2 Å². The molecule has 1 aliphatic rings. The number of sulfonamides is 1. The maximum absolute atomic E-state index is 13.6. The van der Waals surface area contributed by atoms with Gasteiger partial charge in [-0.3, -0.25) is 0 Å². The number of quaternary nitrogens is 1. The van der Waals surface area contributed by atoms with Crippen LogP contribution in [-0.2, 0) is 10.0 Å². The Morgan fingerprint density at radius 3 is 1.80 bits per heavy atom. The summed E-state index contributed by atoms with van der Waals surface area (Å²) < 4.78 is 53.9. The van der Waals surface area contributed by atoms with E-state index in [2.05, 4.69) is 24.3 Å². The van der Waals surface area contributed by atoms with E-state index in [0.29, 0.717) is 26.2 Å². The van der Waals surface area contributed by atoms with E-state index in [1.807, 2.05) is 36.4 Å². The van der Waals surface area contributed by atoms with E-state index in [-0.39, 0.29) is 10.9 Å². The van der Waals surface area contributed by atoms with Gasteiger partial charge in [-0.1, -0.05) is 60.7 Å². The standard InChI is InChI=1S/C23H22F2N2O2S/c24-21-12-11-20(17-22(21)25)30(28,29)27-15-13-26(14-16-27)23(18-7-3-1-4-8-18)19-9-5-2-6-10-19/h1-12,17,23H,13-16H2/p+1. The van der Waals surface area contributed by atoms with Crippen molar-refractivity contribution in [1.29, 1.82) is 0 Å². The number of benzene rings is 3. The van der Waals surface area contributed by atoms with Gasteiger partial charge in [-0.25, -0.2) is 17.2 Å². The van der Waals surface area contributed by atoms with Crippen molar-refractivity contribution >= 4 is 10.0 Å². The summed E-state index contributed by atoms with van der Waals surface area (Å²) in [7, 11) is -3.87. The first kappa shape index (κ1) is 20.7. The van der Waals surface area contributed by atoms with Crippen LogP contribution in [0.1, 0.15) is 17.2 Å². The molecule has 0 spiro atoms. The summed E-state index contributed by atoms with van der Waals surface area (Å²) >= 11 is 0. The molecule has 7 heteroatoms. The Labute approximate surface area is 175 Å². The fourth-order valence-corrected chi connectivity index (χ4v) is 5.50. The molecule has 0 atom stereocenters. The largest absolute Gasteiger partial charge is 0.323 e. The highest BCUT2D eigenvalue weighted by molar-refractivity contribution is 7.89. The number of halogens is 2. The van der Waals surface area contributed by atoms with E-state index < -0.39 is 21.7 Å². The highest BCUT2D eigenvalue weighted by Gasteiger charge is 2.35. The van der Waals surface area contributed by atoms with Crippen molar-refractivity contribution in [2.45, 2.75) is 10.9 Å². The zero-order valence-electron chi connectivity index (χ0n) is 16.3. The van der Waals surface area contributed by atoms with E-state index in [4.69, 9.17) is 0 Å². The minimum atomic E-state index is -3.87. The van der Waals surface area contributed by atoms with Gasteiger partial charge in [0.15, 0.2) is 11.6 Å². The van der Waals surface area contributed by atoms with Crippen molar-refractivity contribution in [3.63, 3.8) is 0 Å². The van der Waals surface area contributed by atoms with Crippen molar-refractivity contribution in [2.75, 3.05) is 26.2 Å². The van der Waals surface area contributed by atoms with Crippen LogP contribution in [0.2, 0.25) is 0 Å². The molecular formula is C23H23F2N2O2S+. The zero-order valence-corrected chi connectivity index (χ0v) is 17.2. The van der Waals surface area contributed by atoms with Crippen LogP contribution in [0, 0.1) is 11.6 Å². The molecule has 4 rings (SSSR count). The highest BCUT2D eigenvalue weighted by atomic mass is 32.2. The van der Waals surface area contributed by atoms with Gasteiger partial charge in [0, 0.05) is 11.1 Å². The number of rotatable bonds is 5. The SMILES string of the molecule is O=S(=O)(c1ccc(F)c(F)c1)N1CC[NH+](C(c2ccccc2)c2ccccc2)CC1. The summed E-state index contributed by atoms with van der Waals surface area (Å²) in [6.45, 7) is 1.84. The molecule has 1 fully saturated rings. The second kappa shape index (κ2) is 8.63. The van der Waals surface area contributed by atoms with E-state index >= 15 is 0 Å². The molecule has 4 nitrogen and oxygen atoms in total. The molecule has 0 bridgehead atoms. The number of nitrogens with zero attached hydrogens (tertiary/aromatic N) is 1. The molecule has 156 valence electrons. The topological polar surface area (TPSA) is 41.8 Å². The van der Waals surface area contributed by atoms with Crippen LogP contribution in [0.5, 0.6) is 0 Å². The van der Waals surface area contributed by atoms with Crippen molar-refractivity contribution in [3.8, 4) is 0 Å². The van der Waals surface area contributed by atoms with Gasteiger partial charge in [0.1, 0.15) is 6.04 Å². The van der Waals surface area contributed by atoms with Crippen LogP contribution in [-0.4, -0.2) is 38.9 Å². The summed E-state index contributed by atoms with van der Waals surface area (Å²) in [6.07, 6.45) is 0. The summed E-state index contributed by atoms with van der Waals surface area (Å²) in [6, 6.07) is 23.2. The molecule has 0 radical (unpaired) electrons. The lowest BCUT2D eigenvalue weighted by atomic mass is 9.96. The number of piperazine rings is 1. The second-order valence-corrected chi connectivity index (χ2v) is 9.33. The molecule has 0 aromatic heterocycles. The van der Waals surface area contributed by atoms with Crippen molar-refractivity contribution in [3.05, 3.63) is 102 Å². The normalized spacial score (nSPS) is 16.1. The van der Waals surface area contributed by atoms with Gasteiger partial charge < -0.3 is 4.90 Å². The van der Waals surface area contributed by atoms with Crippen molar-refractivity contribution in [1.82, 2.24) is 4.31 Å². The monoisotopic (exact) mass is 429 g/mol. The van der Waals surface area contributed by atoms with Gasteiger partial charge in [0.25, 0.3) is 0 Å². The molecule has 30 heavy (non-hydrogen) atoms. The summed E-state index contributed by atoms with van der Waals surface area (Å²) in [5.74, 6) is -2.22. The molecule has 1 N–H and O–H groups in total. The van der Waals surface area contributed by atoms with Gasteiger partial charge in [0.05, 0.1) is 31.1 Å². The van der Waals surface area contributed by atoms with Gasteiger partial charge in [-0.05, 0) is 18.2 Å². The van der Waals surface area contributed by atoms with Crippen LogP contribution in [0.25, 0.3) is 0 Å². The zero-order chi connectivity index (χ0) is 21.1. The molecular weight excluding hydrogens is 406 g/mol. The molecule has 0 saturated carbocycles. The predicted octanol–water partition coefficient (Wildman–Crippen LogP) is 2.64. The first-order valence-corrected chi connectivity index (χ1v) is 11.3. The lowest BCUT2D eigenvalue weighted by Gasteiger charge is -2.36. The average molecular weight is 430 g/mol. The maximum atomic E-state index is 13.6. The molecule has 3 aromatic rings. The summed E-state index contributed by atoms with van der Waals surface area (Å²) in [4.78, 5) is 1.05. The first-order chi connectivity index (χ1) is 14.5. The van der Waals surface area contributed by atoms with Crippen LogP contribution in [0.3, 0.4) is 0 Å². The minimum absolute atomic E-state index is 0.0977. The van der Waals surface area contributed by atoms with Gasteiger partial charge in [-0.2, -0.15) is 4.31 Å². The third-order valence-electron chi connectivity index (χ3n) is 5.57. The van der Waals surface area contributed by atoms with Crippen LogP contribution < -0.4 is 4.90 Å². The molecule has 1 saturated heterocycles. The van der Waals surface area contributed by atoms with Gasteiger partial charge in [0.2, 0.25) is 10.0 Å². The maximum Gasteiger partial charge on any atom is 0.243 e. The Bertz CT molecular complexity index is 1060. The predicted molar refractivity (Wildman–Crippen MR) is 111 cm³/mol. The molecule has 0 aliphatic carbocycles. The molecule has 1 heterocycles. The Morgan fingerprint density at radius 2 is 1.30 bits per heavy atom. The minimum Gasteiger partial charge on any atom is -0.323 e. The lowest BCUT2D eigenvalue weighted by Crippen LogP contribution is -3.15. The van der Waals surface area contributed by atoms with E-state index in [1.54, 1.807) is 0 Å². The van der Waals surface area contributed by atoms with Gasteiger partial charge in [-0.15, -0.1) is 0 Å². The lowest BCUT2D eigenvalue weighted by molar-refractivity contribution is -0.929. The number of hydrogen-bond acceptors (Lipinski definition) is 2. The van der Waals surface area contributed by atoms with Crippen LogP contribution >= 0.6 is 0 Å². The molecule has 1 aliphatic heterocycles. The third kappa shape index (κ3) is 4.14. The number of nitrogens with one attached hydrogen (secondary N) is 1. The Morgan fingerprint density at radius 1 is 0.767 bits per heavy atom. The van der Waals surface area contributed by atoms with E-state index in [1.165, 1.54) is 20.3 Å². The highest BCUT2D eigenvalue weighted by Crippen LogP contribution is 2.21. The van der Waals surface area contributed by atoms with Crippen LogP contribution in [0.4, 0.5) is 8.78 Å². The Kier molecular flexibility index (Phi) is 5.94. The Hall–Kier alpha value is -2.61. The summed E-state index contributed by atoms with van der Waals surface area (Å²) in [5, 5.41) is 0. The van der Waals surface area contributed by atoms with Crippen LogP contribution in [0.15, 0.2) is 83.8 Å². The third-order valence-corrected chi connectivity index (χ3v) is 7.46. The fourth-order valence-electron chi connectivity index (χ4n) is 4.04. The molecule has 0 amide bonds. The fraction of sp³-hybridized carbons (Fsp3) is 0.217. The van der Waals surface area contributed by atoms with Gasteiger partial charge >= 0.3 is 0 Å². The molecule has 0 unspecified atom stereocenters. The quantitative estimate of drug-likeness (QED) is 0.678.